The summed E-state index contributed by atoms with van der Waals surface area (Å²) in [5, 5.41) is 7.04. The van der Waals surface area contributed by atoms with Gasteiger partial charge in [0.2, 0.25) is 5.89 Å². The molecule has 1 aromatic heterocycles. The molecule has 0 aliphatic rings. The summed E-state index contributed by atoms with van der Waals surface area (Å²) in [5.74, 6) is 2.82. The Morgan fingerprint density at radius 2 is 2.08 bits per heavy atom. The van der Waals surface area contributed by atoms with E-state index in [0.717, 1.165) is 17.9 Å². The molecule has 25 heavy (non-hydrogen) atoms. The van der Waals surface area contributed by atoms with Gasteiger partial charge in [0.1, 0.15) is 17.6 Å². The van der Waals surface area contributed by atoms with Gasteiger partial charge in [-0.2, -0.15) is 0 Å². The number of halogens is 1. The van der Waals surface area contributed by atoms with Crippen molar-refractivity contribution in [3.05, 3.63) is 46.6 Å². The van der Waals surface area contributed by atoms with Crippen LogP contribution in [-0.4, -0.2) is 30.6 Å². The minimum absolute atomic E-state index is 0.0234. The van der Waals surface area contributed by atoms with Crippen molar-refractivity contribution in [3.63, 3.8) is 0 Å². The normalized spacial score (nSPS) is 12.8. The first-order valence-corrected chi connectivity index (χ1v) is 8.69. The van der Waals surface area contributed by atoms with E-state index in [1.165, 1.54) is 0 Å². The second kappa shape index (κ2) is 9.32. The summed E-state index contributed by atoms with van der Waals surface area (Å²) in [6, 6.07) is 7.47. The zero-order chi connectivity index (χ0) is 18.2. The van der Waals surface area contributed by atoms with E-state index in [1.54, 1.807) is 7.05 Å². The Balaban J connectivity index is 1.84. The molecule has 0 bridgehead atoms. The number of nitrogens with one attached hydrogen (secondary N) is 2. The van der Waals surface area contributed by atoms with Gasteiger partial charge in [-0.1, -0.05) is 30.7 Å². The zero-order valence-electron chi connectivity index (χ0n) is 15.1. The van der Waals surface area contributed by atoms with E-state index in [-0.39, 0.29) is 6.10 Å². The lowest BCUT2D eigenvalue weighted by atomic mass is 10.2. The van der Waals surface area contributed by atoms with Gasteiger partial charge in [-0.05, 0) is 32.4 Å². The first-order chi connectivity index (χ1) is 12.0. The molecule has 1 atom stereocenters. The predicted octanol–water partition coefficient (Wildman–Crippen LogP) is 3.47. The Morgan fingerprint density at radius 3 is 2.68 bits per heavy atom. The van der Waals surface area contributed by atoms with Crippen LogP contribution < -0.4 is 15.4 Å². The maximum atomic E-state index is 6.15. The minimum atomic E-state index is -0.0234. The van der Waals surface area contributed by atoms with Gasteiger partial charge in [0.05, 0.1) is 23.8 Å². The number of aromatic nitrogens is 1. The van der Waals surface area contributed by atoms with Gasteiger partial charge in [0, 0.05) is 7.05 Å². The molecule has 2 rings (SSSR count). The zero-order valence-corrected chi connectivity index (χ0v) is 15.9. The van der Waals surface area contributed by atoms with Crippen LogP contribution in [0.15, 0.2) is 33.7 Å². The highest BCUT2D eigenvalue weighted by atomic mass is 35.5. The average Bonchev–Trinajstić information content (AvgIpc) is 2.93. The van der Waals surface area contributed by atoms with Crippen LogP contribution in [0.25, 0.3) is 0 Å². The summed E-state index contributed by atoms with van der Waals surface area (Å²) in [6.45, 7) is 6.96. The first kappa shape index (κ1) is 19.1. The third-order valence-electron chi connectivity index (χ3n) is 3.79. The molecule has 0 saturated heterocycles. The number of nitrogens with zero attached hydrogens (tertiary/aromatic N) is 2. The standard InChI is InChI=1S/C18H25ClN4O2/c1-5-14(25-16-9-7-6-8-15(16)19)10-21-18(20-4)22-11-17-23-12(2)13(3)24-17/h6-9,14H,5,10-11H2,1-4H3,(H2,20,21,22). The maximum absolute atomic E-state index is 6.15. The van der Waals surface area contributed by atoms with E-state index in [1.807, 2.05) is 38.1 Å². The number of guanidine groups is 1. The average molecular weight is 365 g/mol. The van der Waals surface area contributed by atoms with E-state index in [9.17, 15) is 0 Å². The Morgan fingerprint density at radius 1 is 1.32 bits per heavy atom. The fourth-order valence-electron chi connectivity index (χ4n) is 2.19. The van der Waals surface area contributed by atoms with Gasteiger partial charge in [0.15, 0.2) is 5.96 Å². The second-order valence-corrected chi connectivity index (χ2v) is 6.04. The van der Waals surface area contributed by atoms with Crippen LogP contribution in [0.4, 0.5) is 0 Å². The van der Waals surface area contributed by atoms with E-state index >= 15 is 0 Å². The third-order valence-corrected chi connectivity index (χ3v) is 4.10. The summed E-state index contributed by atoms with van der Waals surface area (Å²) in [7, 11) is 1.72. The number of para-hydroxylation sites is 1. The van der Waals surface area contributed by atoms with Crippen molar-refractivity contribution in [2.75, 3.05) is 13.6 Å². The maximum Gasteiger partial charge on any atom is 0.214 e. The van der Waals surface area contributed by atoms with Crippen molar-refractivity contribution >= 4 is 17.6 Å². The number of aryl methyl sites for hydroxylation is 2. The molecule has 0 radical (unpaired) electrons. The molecule has 0 fully saturated rings. The molecule has 1 aromatic carbocycles. The number of oxazole rings is 1. The summed E-state index contributed by atoms with van der Waals surface area (Å²) < 4.78 is 11.5. The smallest absolute Gasteiger partial charge is 0.214 e. The Bertz CT molecular complexity index is 695. The Labute approximate surface area is 153 Å². The molecule has 0 spiro atoms. The van der Waals surface area contributed by atoms with Crippen LogP contribution in [0.5, 0.6) is 5.75 Å². The molecule has 2 N–H and O–H groups in total. The molecule has 1 heterocycles. The van der Waals surface area contributed by atoms with E-state index in [2.05, 4.69) is 27.5 Å². The van der Waals surface area contributed by atoms with Crippen molar-refractivity contribution < 1.29 is 9.15 Å². The van der Waals surface area contributed by atoms with Crippen LogP contribution in [0.1, 0.15) is 30.7 Å². The van der Waals surface area contributed by atoms with Crippen LogP contribution in [0.2, 0.25) is 5.02 Å². The van der Waals surface area contributed by atoms with E-state index in [0.29, 0.717) is 35.7 Å². The van der Waals surface area contributed by atoms with E-state index < -0.39 is 0 Å². The molecule has 0 aliphatic heterocycles. The molecular weight excluding hydrogens is 340 g/mol. The minimum Gasteiger partial charge on any atom is -0.487 e. The predicted molar refractivity (Wildman–Crippen MR) is 100 cm³/mol. The van der Waals surface area contributed by atoms with Gasteiger partial charge in [-0.25, -0.2) is 4.98 Å². The van der Waals surface area contributed by atoms with Gasteiger partial charge >= 0.3 is 0 Å². The number of ether oxygens (including phenoxy) is 1. The highest BCUT2D eigenvalue weighted by Gasteiger charge is 2.12. The molecule has 6 nitrogen and oxygen atoms in total. The summed E-state index contributed by atoms with van der Waals surface area (Å²) in [4.78, 5) is 8.55. The van der Waals surface area contributed by atoms with Gasteiger partial charge in [-0.3, -0.25) is 4.99 Å². The molecule has 0 aliphatic carbocycles. The van der Waals surface area contributed by atoms with Crippen molar-refractivity contribution in [3.8, 4) is 5.75 Å². The highest BCUT2D eigenvalue weighted by molar-refractivity contribution is 6.32. The number of hydrogen-bond donors (Lipinski definition) is 2. The van der Waals surface area contributed by atoms with Gasteiger partial charge in [-0.15, -0.1) is 0 Å². The Kier molecular flexibility index (Phi) is 7.13. The summed E-state index contributed by atoms with van der Waals surface area (Å²) in [5.41, 5.74) is 0.902. The number of hydrogen-bond acceptors (Lipinski definition) is 4. The fraction of sp³-hybridized carbons (Fsp3) is 0.444. The second-order valence-electron chi connectivity index (χ2n) is 5.63. The molecule has 7 heteroatoms. The number of rotatable bonds is 7. The highest BCUT2D eigenvalue weighted by Crippen LogP contribution is 2.24. The van der Waals surface area contributed by atoms with Crippen molar-refractivity contribution in [1.82, 2.24) is 15.6 Å². The molecule has 1 unspecified atom stereocenters. The van der Waals surface area contributed by atoms with Crippen molar-refractivity contribution in [2.24, 2.45) is 4.99 Å². The van der Waals surface area contributed by atoms with Crippen LogP contribution in [0, 0.1) is 13.8 Å². The molecular formula is C18H25ClN4O2. The van der Waals surface area contributed by atoms with E-state index in [4.69, 9.17) is 20.8 Å². The molecule has 0 amide bonds. The fourth-order valence-corrected chi connectivity index (χ4v) is 2.37. The Hall–Kier alpha value is -2.21. The SMILES string of the molecule is CCC(CNC(=NC)NCc1nc(C)c(C)o1)Oc1ccccc1Cl. The summed E-state index contributed by atoms with van der Waals surface area (Å²) in [6.07, 6.45) is 0.817. The van der Waals surface area contributed by atoms with Crippen molar-refractivity contribution in [2.45, 2.75) is 39.8 Å². The van der Waals surface area contributed by atoms with Crippen LogP contribution in [-0.2, 0) is 6.54 Å². The topological polar surface area (TPSA) is 71.7 Å². The lowest BCUT2D eigenvalue weighted by Gasteiger charge is -2.20. The lowest BCUT2D eigenvalue weighted by Crippen LogP contribution is -2.42. The lowest BCUT2D eigenvalue weighted by molar-refractivity contribution is 0.199. The third kappa shape index (κ3) is 5.67. The molecule has 0 saturated carbocycles. The monoisotopic (exact) mass is 364 g/mol. The van der Waals surface area contributed by atoms with Gasteiger partial charge < -0.3 is 19.8 Å². The van der Waals surface area contributed by atoms with Crippen LogP contribution >= 0.6 is 11.6 Å². The molecule has 136 valence electrons. The molecule has 2 aromatic rings. The number of aliphatic imine (C=N–C) groups is 1. The van der Waals surface area contributed by atoms with Crippen molar-refractivity contribution in [1.29, 1.82) is 0 Å². The van der Waals surface area contributed by atoms with Crippen LogP contribution in [0.3, 0.4) is 0 Å². The summed E-state index contributed by atoms with van der Waals surface area (Å²) >= 11 is 6.15. The largest absolute Gasteiger partial charge is 0.487 e. The first-order valence-electron chi connectivity index (χ1n) is 8.32. The number of benzene rings is 1. The van der Waals surface area contributed by atoms with Gasteiger partial charge in [0.25, 0.3) is 0 Å². The quantitative estimate of drug-likeness (QED) is 0.581.